The number of nitrogen functional groups attached to an aromatic ring is 1. The fourth-order valence-corrected chi connectivity index (χ4v) is 4.16. The molecule has 1 aromatic carbocycles. The summed E-state index contributed by atoms with van der Waals surface area (Å²) >= 11 is 0. The first-order chi connectivity index (χ1) is 16.9. The van der Waals surface area contributed by atoms with Crippen molar-refractivity contribution in [1.82, 2.24) is 30.2 Å². The van der Waals surface area contributed by atoms with Crippen LogP contribution in [0.1, 0.15) is 30.5 Å². The van der Waals surface area contributed by atoms with Crippen LogP contribution < -0.4 is 16.0 Å². The molecule has 11 heteroatoms. The summed E-state index contributed by atoms with van der Waals surface area (Å²) in [6, 6.07) is 10.9. The number of likely N-dealkylation sites (N-methyl/N-ethyl adjacent to an activating group) is 1. The second-order valence-electron chi connectivity index (χ2n) is 8.21. The normalized spacial score (nSPS) is 17.9. The summed E-state index contributed by atoms with van der Waals surface area (Å²) in [6.07, 6.45) is 4.92. The number of likely N-dealkylation sites (tertiary alicyclic amines) is 1. The van der Waals surface area contributed by atoms with E-state index in [4.69, 9.17) is 5.73 Å². The number of aromatic nitrogens is 4. The molecule has 2 aromatic heterocycles. The summed E-state index contributed by atoms with van der Waals surface area (Å²) in [7, 11) is 1.50. The zero-order chi connectivity index (χ0) is 24.9. The minimum atomic E-state index is -1.04. The number of pyridine rings is 1. The first kappa shape index (κ1) is 23.7. The summed E-state index contributed by atoms with van der Waals surface area (Å²) in [4.78, 5) is 57.9. The largest absolute Gasteiger partial charge is 0.384 e. The van der Waals surface area contributed by atoms with Crippen molar-refractivity contribution in [3.05, 3.63) is 72.4 Å². The van der Waals surface area contributed by atoms with Crippen molar-refractivity contribution >= 4 is 29.6 Å². The average Bonchev–Trinajstić information content (AvgIpc) is 2.89. The highest BCUT2D eigenvalue weighted by Crippen LogP contribution is 2.33. The number of imide groups is 1. The minimum Gasteiger partial charge on any atom is -0.384 e. The topological polar surface area (TPSA) is 147 Å². The number of benzene rings is 1. The van der Waals surface area contributed by atoms with Gasteiger partial charge in [0, 0.05) is 13.2 Å². The Morgan fingerprint density at radius 3 is 2.51 bits per heavy atom. The molecule has 11 nitrogen and oxygen atoms in total. The van der Waals surface area contributed by atoms with Gasteiger partial charge in [-0.1, -0.05) is 37.3 Å². The molecule has 0 spiro atoms. The van der Waals surface area contributed by atoms with E-state index in [0.29, 0.717) is 12.2 Å². The predicted octanol–water partition coefficient (Wildman–Crippen LogP) is 1.74. The molecule has 4 rings (SSSR count). The van der Waals surface area contributed by atoms with Crippen molar-refractivity contribution in [1.29, 1.82) is 0 Å². The molecule has 0 aliphatic carbocycles. The number of hydrogen-bond donors (Lipinski definition) is 2. The van der Waals surface area contributed by atoms with Crippen molar-refractivity contribution in [2.75, 3.05) is 17.7 Å². The first-order valence-corrected chi connectivity index (χ1v) is 11.2. The average molecular weight is 475 g/mol. The molecule has 0 radical (unpaired) electrons. The van der Waals surface area contributed by atoms with Gasteiger partial charge in [-0.2, -0.15) is 0 Å². The van der Waals surface area contributed by atoms with Gasteiger partial charge in [-0.15, -0.1) is 0 Å². The van der Waals surface area contributed by atoms with Gasteiger partial charge in [0.2, 0.25) is 11.9 Å². The lowest BCUT2D eigenvalue weighted by Crippen LogP contribution is -2.70. The van der Waals surface area contributed by atoms with Crippen LogP contribution >= 0.6 is 0 Å². The maximum atomic E-state index is 13.5. The fraction of sp³-hybridized carbons (Fsp3) is 0.292. The molecule has 0 unspecified atom stereocenters. The molecule has 1 aliphatic heterocycles. The second kappa shape index (κ2) is 10.2. The van der Waals surface area contributed by atoms with Crippen LogP contribution in [-0.4, -0.2) is 55.8 Å². The van der Waals surface area contributed by atoms with Gasteiger partial charge < -0.3 is 11.1 Å². The highest BCUT2D eigenvalue weighted by molar-refractivity contribution is 6.12. The number of hydrogen-bond acceptors (Lipinski definition) is 8. The van der Waals surface area contributed by atoms with Gasteiger partial charge >= 0.3 is 6.03 Å². The van der Waals surface area contributed by atoms with E-state index in [0.717, 1.165) is 16.0 Å². The Labute approximate surface area is 202 Å². The maximum Gasteiger partial charge on any atom is 0.325 e. The van der Waals surface area contributed by atoms with Gasteiger partial charge in [0.15, 0.2) is 0 Å². The SMILES string of the molecule is CC[C@@H](NC(=O)N1C(=O)[C@H](Cc2ccnc(N)c2)[C@H]1C(=O)N(C)c1ncncn1)c1ccccc1. The van der Waals surface area contributed by atoms with E-state index in [-0.39, 0.29) is 18.4 Å². The molecular formula is C24H26N8O3. The molecule has 0 bridgehead atoms. The smallest absolute Gasteiger partial charge is 0.325 e. The van der Waals surface area contributed by atoms with Crippen LogP contribution in [0.25, 0.3) is 0 Å². The van der Waals surface area contributed by atoms with E-state index in [9.17, 15) is 14.4 Å². The van der Waals surface area contributed by atoms with E-state index in [1.165, 1.54) is 30.8 Å². The second-order valence-corrected chi connectivity index (χ2v) is 8.21. The Hall–Kier alpha value is -4.41. The summed E-state index contributed by atoms with van der Waals surface area (Å²) in [6.45, 7) is 1.93. The van der Waals surface area contributed by atoms with Gasteiger partial charge in [-0.25, -0.2) is 24.7 Å². The van der Waals surface area contributed by atoms with Crippen LogP contribution in [0.15, 0.2) is 61.3 Å². The Morgan fingerprint density at radius 2 is 1.86 bits per heavy atom. The summed E-state index contributed by atoms with van der Waals surface area (Å²) in [5, 5.41) is 2.90. The third-order valence-electron chi connectivity index (χ3n) is 6.01. The summed E-state index contributed by atoms with van der Waals surface area (Å²) in [5.74, 6) is -1.25. The van der Waals surface area contributed by atoms with Crippen LogP contribution in [0, 0.1) is 5.92 Å². The van der Waals surface area contributed by atoms with Gasteiger partial charge in [0.25, 0.3) is 5.91 Å². The molecule has 3 heterocycles. The van der Waals surface area contributed by atoms with Crippen LogP contribution in [0.4, 0.5) is 16.6 Å². The number of β-lactam (4-membered cyclic amide) rings is 1. The molecule has 1 aliphatic rings. The van der Waals surface area contributed by atoms with E-state index < -0.39 is 29.8 Å². The number of nitrogens with zero attached hydrogens (tertiary/aromatic N) is 6. The van der Waals surface area contributed by atoms with Crippen molar-refractivity contribution in [2.45, 2.75) is 31.8 Å². The molecule has 3 atom stereocenters. The maximum absolute atomic E-state index is 13.5. The number of urea groups is 1. The van der Waals surface area contributed by atoms with E-state index in [1.54, 1.807) is 12.1 Å². The molecule has 4 amide bonds. The fourth-order valence-electron chi connectivity index (χ4n) is 4.16. The van der Waals surface area contributed by atoms with Gasteiger partial charge in [0.1, 0.15) is 24.5 Å². The Bertz CT molecular complexity index is 1210. The van der Waals surface area contributed by atoms with Crippen molar-refractivity contribution < 1.29 is 14.4 Å². The zero-order valence-electron chi connectivity index (χ0n) is 19.4. The Kier molecular flexibility index (Phi) is 6.95. The number of nitrogens with two attached hydrogens (primary N) is 1. The van der Waals surface area contributed by atoms with Crippen LogP contribution in [-0.2, 0) is 16.0 Å². The molecule has 35 heavy (non-hydrogen) atoms. The van der Waals surface area contributed by atoms with Crippen molar-refractivity contribution in [3.8, 4) is 0 Å². The molecule has 3 aromatic rings. The number of nitrogens with one attached hydrogen (secondary N) is 1. The number of rotatable bonds is 7. The van der Waals surface area contributed by atoms with E-state index in [1.807, 2.05) is 37.3 Å². The third-order valence-corrected chi connectivity index (χ3v) is 6.01. The first-order valence-electron chi connectivity index (χ1n) is 11.2. The van der Waals surface area contributed by atoms with Gasteiger partial charge in [0.05, 0.1) is 12.0 Å². The van der Waals surface area contributed by atoms with Gasteiger partial charge in [-0.05, 0) is 36.1 Å². The number of carbonyl (C=O) groups is 3. The Morgan fingerprint density at radius 1 is 1.14 bits per heavy atom. The number of amides is 4. The lowest BCUT2D eigenvalue weighted by atomic mass is 9.81. The molecular weight excluding hydrogens is 448 g/mol. The van der Waals surface area contributed by atoms with Gasteiger partial charge in [-0.3, -0.25) is 19.4 Å². The lowest BCUT2D eigenvalue weighted by molar-refractivity contribution is -0.156. The van der Waals surface area contributed by atoms with E-state index >= 15 is 0 Å². The monoisotopic (exact) mass is 474 g/mol. The standard InChI is InChI=1S/C24H26N8O3/c1-3-18(16-7-5-4-6-8-16)30-24(35)32-20(22(34)31(2)23-28-13-26-14-29-23)17(21(32)33)11-15-9-10-27-19(25)12-15/h4-10,12-14,17-18,20H,3,11H2,1-2H3,(H2,25,27)(H,30,35)/t17-,18-,20+/m1/s1. The molecule has 3 N–H and O–H groups in total. The number of carbonyl (C=O) groups excluding carboxylic acids is 3. The van der Waals surface area contributed by atoms with Crippen LogP contribution in [0.3, 0.4) is 0 Å². The van der Waals surface area contributed by atoms with E-state index in [2.05, 4.69) is 25.3 Å². The highest BCUT2D eigenvalue weighted by atomic mass is 16.2. The number of anilines is 2. The summed E-state index contributed by atoms with van der Waals surface area (Å²) < 4.78 is 0. The third kappa shape index (κ3) is 4.93. The van der Waals surface area contributed by atoms with Crippen molar-refractivity contribution in [3.63, 3.8) is 0 Å². The van der Waals surface area contributed by atoms with Crippen LogP contribution in [0.5, 0.6) is 0 Å². The Balaban J connectivity index is 1.59. The molecule has 1 fully saturated rings. The predicted molar refractivity (Wildman–Crippen MR) is 128 cm³/mol. The highest BCUT2D eigenvalue weighted by Gasteiger charge is 2.55. The van der Waals surface area contributed by atoms with Crippen molar-refractivity contribution in [2.24, 2.45) is 5.92 Å². The minimum absolute atomic E-state index is 0.118. The quantitative estimate of drug-likeness (QED) is 0.492. The molecule has 1 saturated heterocycles. The molecule has 0 saturated carbocycles. The van der Waals surface area contributed by atoms with Crippen LogP contribution in [0.2, 0.25) is 0 Å². The zero-order valence-corrected chi connectivity index (χ0v) is 19.4. The summed E-state index contributed by atoms with van der Waals surface area (Å²) in [5.41, 5.74) is 7.43. The molecule has 180 valence electrons. The lowest BCUT2D eigenvalue weighted by Gasteiger charge is -2.45.